The smallest absolute Gasteiger partial charge is 0.322 e. The summed E-state index contributed by atoms with van der Waals surface area (Å²) in [5.74, 6) is -0.709. The van der Waals surface area contributed by atoms with Gasteiger partial charge >= 0.3 is 6.03 Å². The van der Waals surface area contributed by atoms with Gasteiger partial charge in [0.1, 0.15) is 5.54 Å². The number of rotatable bonds is 1. The Kier molecular flexibility index (Phi) is 3.02. The van der Waals surface area contributed by atoms with E-state index in [1.54, 1.807) is 18.2 Å². The minimum Gasteiger partial charge on any atom is -0.398 e. The molecule has 0 saturated carbocycles. The predicted molar refractivity (Wildman–Crippen MR) is 75.8 cm³/mol. The van der Waals surface area contributed by atoms with Gasteiger partial charge in [0.25, 0.3) is 11.8 Å². The largest absolute Gasteiger partial charge is 0.398 e. The molecule has 2 fully saturated rings. The number of anilines is 1. The van der Waals surface area contributed by atoms with Crippen LogP contribution in [0.1, 0.15) is 16.8 Å². The lowest BCUT2D eigenvalue weighted by molar-refractivity contribution is -0.123. The van der Waals surface area contributed by atoms with E-state index in [-0.39, 0.29) is 17.5 Å². The second-order valence-corrected chi connectivity index (χ2v) is 5.55. The van der Waals surface area contributed by atoms with Gasteiger partial charge in [-0.15, -0.1) is 0 Å². The third-order valence-corrected chi connectivity index (χ3v) is 4.25. The van der Waals surface area contributed by atoms with E-state index in [9.17, 15) is 14.4 Å². The second kappa shape index (κ2) is 4.63. The summed E-state index contributed by atoms with van der Waals surface area (Å²) in [7, 11) is 0. The number of amides is 4. The van der Waals surface area contributed by atoms with Crippen LogP contribution in [0.25, 0.3) is 0 Å². The van der Waals surface area contributed by atoms with E-state index in [0.717, 1.165) is 0 Å². The monoisotopic (exact) mass is 308 g/mol. The minimum absolute atomic E-state index is 0.120. The standard InChI is InChI=1S/C13H13ClN4O3/c14-9-7(2-1-3-8(9)15)10(19)18-5-4-13(6-18)11(20)16-12(21)17-13/h1-3H,4-6,15H2,(H2,16,17,20,21). The quantitative estimate of drug-likeness (QED) is 0.514. The van der Waals surface area contributed by atoms with Gasteiger partial charge in [0, 0.05) is 6.54 Å². The lowest BCUT2D eigenvalue weighted by Crippen LogP contribution is -2.49. The summed E-state index contributed by atoms with van der Waals surface area (Å²) < 4.78 is 0. The summed E-state index contributed by atoms with van der Waals surface area (Å²) in [6.07, 6.45) is 0.371. The van der Waals surface area contributed by atoms with Gasteiger partial charge in [0.15, 0.2) is 0 Å². The lowest BCUT2D eigenvalue weighted by atomic mass is 9.99. The van der Waals surface area contributed by atoms with Gasteiger partial charge in [-0.25, -0.2) is 4.79 Å². The fourth-order valence-corrected chi connectivity index (χ4v) is 2.89. The Labute approximate surface area is 125 Å². The first-order chi connectivity index (χ1) is 9.93. The highest BCUT2D eigenvalue weighted by molar-refractivity contribution is 6.36. The number of carbonyl (C=O) groups is 3. The molecule has 4 amide bonds. The SMILES string of the molecule is Nc1cccc(C(=O)N2CCC3(C2)NC(=O)NC3=O)c1Cl. The van der Waals surface area contributed by atoms with Crippen LogP contribution in [0.5, 0.6) is 0 Å². The number of nitrogens with zero attached hydrogens (tertiary/aromatic N) is 1. The third-order valence-electron chi connectivity index (χ3n) is 3.83. The fourth-order valence-electron chi connectivity index (χ4n) is 2.68. The average Bonchev–Trinajstić information content (AvgIpc) is 2.97. The van der Waals surface area contributed by atoms with E-state index >= 15 is 0 Å². The van der Waals surface area contributed by atoms with Gasteiger partial charge < -0.3 is 16.0 Å². The summed E-state index contributed by atoms with van der Waals surface area (Å²) in [6.45, 7) is 0.478. The molecule has 2 heterocycles. The maximum Gasteiger partial charge on any atom is 0.322 e. The van der Waals surface area contributed by atoms with E-state index < -0.39 is 17.5 Å². The second-order valence-electron chi connectivity index (χ2n) is 5.18. The molecular weight excluding hydrogens is 296 g/mol. The zero-order chi connectivity index (χ0) is 15.2. The molecular formula is C13H13ClN4O3. The number of nitrogen functional groups attached to an aromatic ring is 1. The van der Waals surface area contributed by atoms with Crippen LogP contribution in [0.15, 0.2) is 18.2 Å². The Morgan fingerprint density at radius 1 is 1.38 bits per heavy atom. The van der Waals surface area contributed by atoms with Gasteiger partial charge in [0.2, 0.25) is 0 Å². The van der Waals surface area contributed by atoms with Crippen molar-refractivity contribution < 1.29 is 14.4 Å². The van der Waals surface area contributed by atoms with Crippen molar-refractivity contribution in [2.24, 2.45) is 0 Å². The van der Waals surface area contributed by atoms with Crippen molar-refractivity contribution in [2.75, 3.05) is 18.8 Å². The molecule has 2 aliphatic rings. The number of urea groups is 1. The highest BCUT2D eigenvalue weighted by atomic mass is 35.5. The molecule has 1 spiro atoms. The number of likely N-dealkylation sites (tertiary alicyclic amines) is 1. The van der Waals surface area contributed by atoms with Crippen LogP contribution >= 0.6 is 11.6 Å². The minimum atomic E-state index is -1.03. The number of nitrogens with one attached hydrogen (secondary N) is 2. The van der Waals surface area contributed by atoms with Crippen LogP contribution in [-0.4, -0.2) is 41.4 Å². The summed E-state index contributed by atoms with van der Waals surface area (Å²) in [5, 5.41) is 4.98. The van der Waals surface area contributed by atoms with Crippen molar-refractivity contribution in [3.8, 4) is 0 Å². The van der Waals surface area contributed by atoms with Crippen LogP contribution in [0, 0.1) is 0 Å². The van der Waals surface area contributed by atoms with Crippen LogP contribution < -0.4 is 16.4 Å². The van der Waals surface area contributed by atoms with Crippen molar-refractivity contribution in [1.82, 2.24) is 15.5 Å². The first kappa shape index (κ1) is 13.7. The summed E-state index contributed by atoms with van der Waals surface area (Å²) in [5.41, 5.74) is 5.27. The van der Waals surface area contributed by atoms with Crippen molar-refractivity contribution in [3.05, 3.63) is 28.8 Å². The average molecular weight is 309 g/mol. The van der Waals surface area contributed by atoms with Gasteiger partial charge in [0.05, 0.1) is 22.8 Å². The number of nitrogens with two attached hydrogens (primary N) is 1. The molecule has 1 unspecified atom stereocenters. The van der Waals surface area contributed by atoms with Gasteiger partial charge in [-0.1, -0.05) is 17.7 Å². The van der Waals surface area contributed by atoms with Crippen molar-refractivity contribution in [2.45, 2.75) is 12.0 Å². The Morgan fingerprint density at radius 2 is 2.14 bits per heavy atom. The number of hydrogen-bond acceptors (Lipinski definition) is 4. The number of halogens is 1. The molecule has 110 valence electrons. The van der Waals surface area contributed by atoms with Crippen LogP contribution in [0.2, 0.25) is 5.02 Å². The molecule has 8 heteroatoms. The third kappa shape index (κ3) is 2.09. The molecule has 21 heavy (non-hydrogen) atoms. The normalized spacial score (nSPS) is 24.3. The molecule has 3 rings (SSSR count). The Morgan fingerprint density at radius 3 is 2.81 bits per heavy atom. The van der Waals surface area contributed by atoms with Gasteiger partial charge in [-0.3, -0.25) is 14.9 Å². The number of carbonyl (C=O) groups excluding carboxylic acids is 3. The molecule has 0 bridgehead atoms. The van der Waals surface area contributed by atoms with Crippen molar-refractivity contribution in [1.29, 1.82) is 0 Å². The first-order valence-corrected chi connectivity index (χ1v) is 6.78. The molecule has 1 atom stereocenters. The molecule has 7 nitrogen and oxygen atoms in total. The highest BCUT2D eigenvalue weighted by Crippen LogP contribution is 2.29. The number of hydrogen-bond donors (Lipinski definition) is 3. The summed E-state index contributed by atoms with van der Waals surface area (Å²) in [6, 6.07) is 4.30. The molecule has 4 N–H and O–H groups in total. The van der Waals surface area contributed by atoms with Gasteiger partial charge in [-0.2, -0.15) is 0 Å². The molecule has 0 aromatic heterocycles. The van der Waals surface area contributed by atoms with E-state index in [0.29, 0.717) is 24.2 Å². The van der Waals surface area contributed by atoms with Crippen molar-refractivity contribution in [3.63, 3.8) is 0 Å². The highest BCUT2D eigenvalue weighted by Gasteiger charge is 2.51. The Bertz CT molecular complexity index is 663. The fraction of sp³-hybridized carbons (Fsp3) is 0.308. The molecule has 0 radical (unpaired) electrons. The summed E-state index contributed by atoms with van der Waals surface area (Å²) >= 11 is 6.05. The van der Waals surface area contributed by atoms with Crippen LogP contribution in [0.3, 0.4) is 0 Å². The van der Waals surface area contributed by atoms with Crippen LogP contribution in [-0.2, 0) is 4.79 Å². The number of benzene rings is 1. The maximum absolute atomic E-state index is 12.5. The zero-order valence-electron chi connectivity index (χ0n) is 11.0. The Balaban J connectivity index is 1.83. The zero-order valence-corrected chi connectivity index (χ0v) is 11.7. The van der Waals surface area contributed by atoms with Gasteiger partial charge in [-0.05, 0) is 18.6 Å². The molecule has 1 aromatic carbocycles. The van der Waals surface area contributed by atoms with E-state index in [1.165, 1.54) is 4.90 Å². The number of imide groups is 1. The van der Waals surface area contributed by atoms with Crippen LogP contribution in [0.4, 0.5) is 10.5 Å². The van der Waals surface area contributed by atoms with Crippen molar-refractivity contribution >= 4 is 35.1 Å². The molecule has 2 saturated heterocycles. The molecule has 2 aliphatic heterocycles. The Hall–Kier alpha value is -2.28. The van der Waals surface area contributed by atoms with E-state index in [2.05, 4.69) is 10.6 Å². The topological polar surface area (TPSA) is 105 Å². The summed E-state index contributed by atoms with van der Waals surface area (Å²) in [4.78, 5) is 37.1. The first-order valence-electron chi connectivity index (χ1n) is 6.40. The maximum atomic E-state index is 12.5. The molecule has 1 aromatic rings. The van der Waals surface area contributed by atoms with E-state index in [4.69, 9.17) is 17.3 Å². The lowest BCUT2D eigenvalue weighted by Gasteiger charge is -2.21. The van der Waals surface area contributed by atoms with E-state index in [1.807, 2.05) is 0 Å². The molecule has 0 aliphatic carbocycles. The predicted octanol–water partition coefficient (Wildman–Crippen LogP) is 0.346.